The number of carbonyl (C=O) groups excluding carboxylic acids is 1. The minimum Gasteiger partial charge on any atom is -0.493 e. The first-order chi connectivity index (χ1) is 15.6. The molecule has 1 aromatic carbocycles. The number of carbonyl (C=O) groups is 1. The maximum atomic E-state index is 13.0. The lowest BCUT2D eigenvalue weighted by atomic mass is 10.1. The number of hydrogen-bond acceptors (Lipinski definition) is 6. The van der Waals surface area contributed by atoms with E-state index >= 15 is 0 Å². The quantitative estimate of drug-likeness (QED) is 0.530. The summed E-state index contributed by atoms with van der Waals surface area (Å²) in [5, 5.41) is 0. The number of H-pyrrole nitrogens is 1. The van der Waals surface area contributed by atoms with Gasteiger partial charge in [-0.05, 0) is 42.5 Å². The minimum atomic E-state index is -0.140. The van der Waals surface area contributed by atoms with Crippen molar-refractivity contribution in [3.63, 3.8) is 0 Å². The molecule has 9 heteroatoms. The van der Waals surface area contributed by atoms with Gasteiger partial charge in [0.05, 0.1) is 19.7 Å². The van der Waals surface area contributed by atoms with Gasteiger partial charge < -0.3 is 24.3 Å². The first-order valence-electron chi connectivity index (χ1n) is 10.4. The standard InChI is InChI=1S/C23H23N5O4/c1-31-18-7-5-15(14-19(18)32-2)23(30)27-12-10-26(11-13-27)20-8-6-16-21(25-20)28-9-3-4-17(28)22(29)24-16/h3-9,14H,10-13H2,1-2H3,(H,24,29). The number of hydrogen-bond donors (Lipinski definition) is 1. The summed E-state index contributed by atoms with van der Waals surface area (Å²) in [6, 6.07) is 12.6. The Balaban J connectivity index is 1.34. The van der Waals surface area contributed by atoms with E-state index in [1.165, 1.54) is 0 Å². The van der Waals surface area contributed by atoms with Crippen LogP contribution in [0.1, 0.15) is 10.4 Å². The summed E-state index contributed by atoms with van der Waals surface area (Å²) in [6.07, 6.45) is 1.84. The summed E-state index contributed by atoms with van der Waals surface area (Å²) in [6.45, 7) is 2.49. The van der Waals surface area contributed by atoms with Crippen LogP contribution in [-0.2, 0) is 0 Å². The van der Waals surface area contributed by atoms with E-state index in [0.29, 0.717) is 59.9 Å². The normalized spacial score (nSPS) is 14.2. The number of amides is 1. The molecule has 0 unspecified atom stereocenters. The summed E-state index contributed by atoms with van der Waals surface area (Å²) in [5.41, 5.74) is 2.38. The Hall–Kier alpha value is -4.01. The number of piperazine rings is 1. The molecule has 4 heterocycles. The molecule has 0 radical (unpaired) electrons. The third-order valence-electron chi connectivity index (χ3n) is 5.84. The van der Waals surface area contributed by atoms with Crippen LogP contribution >= 0.6 is 0 Å². The lowest BCUT2D eigenvalue weighted by Gasteiger charge is -2.35. The van der Waals surface area contributed by atoms with Crippen molar-refractivity contribution in [3.8, 4) is 11.5 Å². The van der Waals surface area contributed by atoms with Crippen molar-refractivity contribution in [1.82, 2.24) is 19.3 Å². The Morgan fingerprint density at radius 3 is 2.53 bits per heavy atom. The number of fused-ring (bicyclic) bond motifs is 3. The van der Waals surface area contributed by atoms with Crippen molar-refractivity contribution in [2.75, 3.05) is 45.3 Å². The van der Waals surface area contributed by atoms with E-state index in [4.69, 9.17) is 14.5 Å². The maximum Gasteiger partial charge on any atom is 0.272 e. The molecule has 9 nitrogen and oxygen atoms in total. The zero-order valence-corrected chi connectivity index (χ0v) is 17.9. The van der Waals surface area contributed by atoms with Crippen molar-refractivity contribution >= 4 is 28.4 Å². The molecule has 1 fully saturated rings. The second-order valence-electron chi connectivity index (χ2n) is 7.61. The van der Waals surface area contributed by atoms with E-state index in [9.17, 15) is 9.59 Å². The molecule has 1 aliphatic rings. The minimum absolute atomic E-state index is 0.0382. The van der Waals surface area contributed by atoms with E-state index in [-0.39, 0.29) is 11.5 Å². The summed E-state index contributed by atoms with van der Waals surface area (Å²) in [7, 11) is 3.12. The van der Waals surface area contributed by atoms with E-state index in [1.54, 1.807) is 42.9 Å². The van der Waals surface area contributed by atoms with Gasteiger partial charge in [-0.1, -0.05) is 0 Å². The van der Waals surface area contributed by atoms with Gasteiger partial charge in [-0.25, -0.2) is 4.98 Å². The molecule has 5 rings (SSSR count). The Labute approximate surface area is 183 Å². The van der Waals surface area contributed by atoms with Gasteiger partial charge >= 0.3 is 0 Å². The molecule has 0 spiro atoms. The molecule has 3 aromatic heterocycles. The number of aromatic nitrogens is 3. The average molecular weight is 433 g/mol. The fraction of sp³-hybridized carbons (Fsp3) is 0.261. The number of nitrogens with one attached hydrogen (secondary N) is 1. The van der Waals surface area contributed by atoms with Gasteiger partial charge in [0.15, 0.2) is 17.1 Å². The van der Waals surface area contributed by atoms with Crippen LogP contribution in [0.15, 0.2) is 53.5 Å². The van der Waals surface area contributed by atoms with Crippen LogP contribution in [0.25, 0.3) is 16.7 Å². The van der Waals surface area contributed by atoms with Crippen molar-refractivity contribution in [1.29, 1.82) is 0 Å². The molecule has 0 saturated carbocycles. The predicted octanol–water partition coefficient (Wildman–Crippen LogP) is 2.16. The van der Waals surface area contributed by atoms with Gasteiger partial charge in [0.2, 0.25) is 0 Å². The third-order valence-corrected chi connectivity index (χ3v) is 5.84. The fourth-order valence-electron chi connectivity index (χ4n) is 4.12. The topological polar surface area (TPSA) is 92.2 Å². The van der Waals surface area contributed by atoms with E-state index in [2.05, 4.69) is 9.88 Å². The fourth-order valence-corrected chi connectivity index (χ4v) is 4.12. The molecule has 0 aliphatic carbocycles. The third kappa shape index (κ3) is 3.31. The van der Waals surface area contributed by atoms with Gasteiger partial charge in [0.25, 0.3) is 11.5 Å². The number of aromatic amines is 1. The summed E-state index contributed by atoms with van der Waals surface area (Å²) < 4.78 is 12.4. The van der Waals surface area contributed by atoms with Crippen LogP contribution in [0.3, 0.4) is 0 Å². The average Bonchev–Trinajstić information content (AvgIpc) is 3.34. The van der Waals surface area contributed by atoms with E-state index in [0.717, 1.165) is 5.82 Å². The Bertz CT molecular complexity index is 1370. The van der Waals surface area contributed by atoms with Crippen LogP contribution < -0.4 is 19.9 Å². The molecule has 0 bridgehead atoms. The van der Waals surface area contributed by atoms with Gasteiger partial charge in [0, 0.05) is 37.9 Å². The van der Waals surface area contributed by atoms with Crippen LogP contribution in [0.2, 0.25) is 0 Å². The first-order valence-corrected chi connectivity index (χ1v) is 10.4. The van der Waals surface area contributed by atoms with Crippen LogP contribution in [0, 0.1) is 0 Å². The van der Waals surface area contributed by atoms with Crippen LogP contribution in [-0.4, -0.2) is 65.6 Å². The zero-order chi connectivity index (χ0) is 22.2. The first kappa shape index (κ1) is 19.9. The largest absolute Gasteiger partial charge is 0.493 e. The van der Waals surface area contributed by atoms with Gasteiger partial charge in [-0.3, -0.25) is 14.0 Å². The second-order valence-corrected chi connectivity index (χ2v) is 7.61. The second kappa shape index (κ2) is 7.92. The molecular weight excluding hydrogens is 410 g/mol. The highest BCUT2D eigenvalue weighted by Crippen LogP contribution is 2.28. The van der Waals surface area contributed by atoms with Crippen molar-refractivity contribution in [2.24, 2.45) is 0 Å². The molecule has 1 aliphatic heterocycles. The molecule has 1 N–H and O–H groups in total. The summed E-state index contributed by atoms with van der Waals surface area (Å²) >= 11 is 0. The number of anilines is 1. The summed E-state index contributed by atoms with van der Waals surface area (Å²) in [5.74, 6) is 1.91. The van der Waals surface area contributed by atoms with Gasteiger partial charge in [-0.15, -0.1) is 0 Å². The molecule has 32 heavy (non-hydrogen) atoms. The zero-order valence-electron chi connectivity index (χ0n) is 17.9. The van der Waals surface area contributed by atoms with Crippen LogP contribution in [0.4, 0.5) is 5.82 Å². The molecule has 164 valence electrons. The Morgan fingerprint density at radius 2 is 1.78 bits per heavy atom. The molecule has 1 amide bonds. The van der Waals surface area contributed by atoms with Gasteiger partial charge in [-0.2, -0.15) is 0 Å². The lowest BCUT2D eigenvalue weighted by Crippen LogP contribution is -2.49. The maximum absolute atomic E-state index is 13.0. The molecule has 0 atom stereocenters. The number of methoxy groups -OCH3 is 2. The van der Waals surface area contributed by atoms with Crippen molar-refractivity contribution < 1.29 is 14.3 Å². The Morgan fingerprint density at radius 1 is 1.00 bits per heavy atom. The number of pyridine rings is 1. The highest BCUT2D eigenvalue weighted by atomic mass is 16.5. The van der Waals surface area contributed by atoms with Crippen molar-refractivity contribution in [3.05, 3.63) is 64.6 Å². The Kier molecular flexibility index (Phi) is 4.93. The lowest BCUT2D eigenvalue weighted by molar-refractivity contribution is 0.0746. The van der Waals surface area contributed by atoms with Crippen molar-refractivity contribution in [2.45, 2.75) is 0 Å². The monoisotopic (exact) mass is 433 g/mol. The van der Waals surface area contributed by atoms with Gasteiger partial charge in [0.1, 0.15) is 11.3 Å². The van der Waals surface area contributed by atoms with E-state index < -0.39 is 0 Å². The number of ether oxygens (including phenoxy) is 2. The highest BCUT2D eigenvalue weighted by Gasteiger charge is 2.24. The predicted molar refractivity (Wildman–Crippen MR) is 121 cm³/mol. The SMILES string of the molecule is COc1ccc(C(=O)N2CCN(c3ccc4[nH]c(=O)c5cccn5c4n3)CC2)cc1OC. The molecule has 4 aromatic rings. The molecule has 1 saturated heterocycles. The number of nitrogens with zero attached hydrogens (tertiary/aromatic N) is 4. The summed E-state index contributed by atoms with van der Waals surface area (Å²) in [4.78, 5) is 36.8. The number of benzene rings is 1. The molecular formula is C23H23N5O4. The van der Waals surface area contributed by atoms with Crippen LogP contribution in [0.5, 0.6) is 11.5 Å². The number of rotatable bonds is 4. The highest BCUT2D eigenvalue weighted by molar-refractivity contribution is 5.95. The van der Waals surface area contributed by atoms with E-state index in [1.807, 2.05) is 29.3 Å². The smallest absolute Gasteiger partial charge is 0.272 e.